The minimum atomic E-state index is 0.328. The number of hydrazine groups is 1. The lowest BCUT2D eigenvalue weighted by molar-refractivity contribution is 0.466. The zero-order valence-electron chi connectivity index (χ0n) is 11.0. The zero-order valence-corrected chi connectivity index (χ0v) is 11.9. The van der Waals surface area contributed by atoms with Crippen LogP contribution in [0.1, 0.15) is 10.6 Å². The van der Waals surface area contributed by atoms with Crippen molar-refractivity contribution in [2.45, 2.75) is 13.8 Å². The summed E-state index contributed by atoms with van der Waals surface area (Å²) in [4.78, 5) is 14.7. The third-order valence-corrected chi connectivity index (χ3v) is 3.65. The average molecular weight is 287 g/mol. The summed E-state index contributed by atoms with van der Waals surface area (Å²) in [6, 6.07) is 5.73. The lowest BCUT2D eigenvalue weighted by Crippen LogP contribution is -2.10. The van der Waals surface area contributed by atoms with Crippen LogP contribution in [0.25, 0.3) is 10.2 Å². The van der Waals surface area contributed by atoms with Crippen LogP contribution in [-0.4, -0.2) is 15.0 Å². The topological polar surface area (TPSA) is 86.0 Å². The molecule has 3 aromatic heterocycles. The fourth-order valence-electron chi connectivity index (χ4n) is 1.78. The molecule has 6 nitrogen and oxygen atoms in total. The van der Waals surface area contributed by atoms with Crippen LogP contribution in [0.5, 0.6) is 11.6 Å². The molecule has 0 amide bonds. The molecule has 0 aliphatic rings. The molecule has 102 valence electrons. The molecule has 0 bridgehead atoms. The van der Waals surface area contributed by atoms with Crippen molar-refractivity contribution in [3.8, 4) is 11.6 Å². The fraction of sp³-hybridized carbons (Fsp3) is 0.154. The molecular weight excluding hydrogens is 274 g/mol. The van der Waals surface area contributed by atoms with E-state index in [1.807, 2.05) is 32.0 Å². The maximum Gasteiger partial charge on any atom is 0.241 e. The first-order chi connectivity index (χ1) is 9.65. The summed E-state index contributed by atoms with van der Waals surface area (Å²) in [6.45, 7) is 3.93. The number of nitrogen functional groups attached to an aromatic ring is 1. The summed E-state index contributed by atoms with van der Waals surface area (Å²) >= 11 is 1.57. The van der Waals surface area contributed by atoms with Crippen molar-refractivity contribution >= 4 is 27.5 Å². The van der Waals surface area contributed by atoms with Gasteiger partial charge in [-0.15, -0.1) is 11.3 Å². The molecule has 0 saturated heterocycles. The van der Waals surface area contributed by atoms with Gasteiger partial charge < -0.3 is 4.74 Å². The van der Waals surface area contributed by atoms with Crippen LogP contribution in [0, 0.1) is 13.8 Å². The standard InChI is InChI=1S/C13H13N5OS/c1-7-3-4-9(6-15-7)19-11-10-5-8(2)20-12(10)17-13(16-11)18-14/h3-6H,14H2,1-2H3,(H,16,17,18). The van der Waals surface area contributed by atoms with Gasteiger partial charge in [-0.3, -0.25) is 10.4 Å². The van der Waals surface area contributed by atoms with Crippen LogP contribution in [0.4, 0.5) is 5.95 Å². The number of aromatic nitrogens is 3. The van der Waals surface area contributed by atoms with Crippen molar-refractivity contribution in [3.05, 3.63) is 35.0 Å². The molecule has 3 heterocycles. The molecule has 0 saturated carbocycles. The summed E-state index contributed by atoms with van der Waals surface area (Å²) in [7, 11) is 0. The van der Waals surface area contributed by atoms with Crippen LogP contribution in [-0.2, 0) is 0 Å². The van der Waals surface area contributed by atoms with Gasteiger partial charge in [0.1, 0.15) is 10.6 Å². The number of hydrogen-bond donors (Lipinski definition) is 2. The first-order valence-electron chi connectivity index (χ1n) is 6.01. The highest BCUT2D eigenvalue weighted by atomic mass is 32.1. The van der Waals surface area contributed by atoms with Gasteiger partial charge in [0.05, 0.1) is 11.6 Å². The molecule has 3 N–H and O–H groups in total. The maximum atomic E-state index is 5.80. The van der Waals surface area contributed by atoms with Crippen LogP contribution < -0.4 is 16.0 Å². The fourth-order valence-corrected chi connectivity index (χ4v) is 2.65. The molecule has 0 aliphatic carbocycles. The van der Waals surface area contributed by atoms with E-state index in [-0.39, 0.29) is 0 Å². The first kappa shape index (κ1) is 12.8. The number of thiophene rings is 1. The van der Waals surface area contributed by atoms with E-state index in [0.29, 0.717) is 17.6 Å². The zero-order chi connectivity index (χ0) is 14.1. The predicted molar refractivity (Wildman–Crippen MR) is 79.0 cm³/mol. The molecule has 0 atom stereocenters. The number of fused-ring (bicyclic) bond motifs is 1. The minimum Gasteiger partial charge on any atom is -0.437 e. The van der Waals surface area contributed by atoms with E-state index in [1.165, 1.54) is 0 Å². The van der Waals surface area contributed by atoms with Gasteiger partial charge in [0.15, 0.2) is 0 Å². The minimum absolute atomic E-state index is 0.328. The van der Waals surface area contributed by atoms with Gasteiger partial charge in [-0.05, 0) is 32.0 Å². The molecular formula is C13H13N5OS. The molecule has 3 aromatic rings. The second-order valence-corrected chi connectivity index (χ2v) is 5.54. The quantitative estimate of drug-likeness (QED) is 0.569. The number of nitrogens with two attached hydrogens (primary N) is 1. The first-order valence-corrected chi connectivity index (χ1v) is 6.82. The molecule has 20 heavy (non-hydrogen) atoms. The lowest BCUT2D eigenvalue weighted by Gasteiger charge is -2.07. The van der Waals surface area contributed by atoms with Gasteiger partial charge in [-0.25, -0.2) is 10.8 Å². The van der Waals surface area contributed by atoms with Gasteiger partial charge in [0.2, 0.25) is 11.8 Å². The van der Waals surface area contributed by atoms with Gasteiger partial charge in [0.25, 0.3) is 0 Å². The Morgan fingerprint density at radius 1 is 1.25 bits per heavy atom. The molecule has 3 rings (SSSR count). The lowest BCUT2D eigenvalue weighted by atomic mass is 10.3. The Balaban J connectivity index is 2.06. The number of rotatable bonds is 3. The van der Waals surface area contributed by atoms with E-state index in [9.17, 15) is 0 Å². The number of anilines is 1. The van der Waals surface area contributed by atoms with Crippen LogP contribution in [0.3, 0.4) is 0 Å². The van der Waals surface area contributed by atoms with Crippen LogP contribution in [0.15, 0.2) is 24.4 Å². The molecule has 0 fully saturated rings. The van der Waals surface area contributed by atoms with E-state index in [1.54, 1.807) is 17.5 Å². The second-order valence-electron chi connectivity index (χ2n) is 4.31. The highest BCUT2D eigenvalue weighted by Crippen LogP contribution is 2.33. The van der Waals surface area contributed by atoms with Gasteiger partial charge >= 0.3 is 0 Å². The van der Waals surface area contributed by atoms with Gasteiger partial charge in [-0.1, -0.05) is 0 Å². The molecule has 0 aromatic carbocycles. The molecule has 0 radical (unpaired) electrons. The number of aryl methyl sites for hydroxylation is 2. The van der Waals surface area contributed by atoms with Crippen molar-refractivity contribution in [2.75, 3.05) is 5.43 Å². The normalized spacial score (nSPS) is 10.8. The molecule has 0 spiro atoms. The maximum absolute atomic E-state index is 5.80. The number of nitrogens with zero attached hydrogens (tertiary/aromatic N) is 3. The smallest absolute Gasteiger partial charge is 0.241 e. The predicted octanol–water partition coefficient (Wildman–Crippen LogP) is 2.78. The van der Waals surface area contributed by atoms with Crippen LogP contribution >= 0.6 is 11.3 Å². The van der Waals surface area contributed by atoms with Crippen molar-refractivity contribution < 1.29 is 4.74 Å². The number of hydrogen-bond acceptors (Lipinski definition) is 7. The summed E-state index contributed by atoms with van der Waals surface area (Å²) in [6.07, 6.45) is 1.66. The average Bonchev–Trinajstić information content (AvgIpc) is 2.81. The monoisotopic (exact) mass is 287 g/mol. The number of pyridine rings is 1. The number of ether oxygens (including phenoxy) is 1. The number of nitrogens with one attached hydrogen (secondary N) is 1. The summed E-state index contributed by atoms with van der Waals surface area (Å²) in [5.41, 5.74) is 3.38. The van der Waals surface area contributed by atoms with Gasteiger partial charge in [-0.2, -0.15) is 4.98 Å². The molecule has 0 unspecified atom stereocenters. The third-order valence-electron chi connectivity index (χ3n) is 2.71. The highest BCUT2D eigenvalue weighted by Gasteiger charge is 2.12. The van der Waals surface area contributed by atoms with E-state index in [2.05, 4.69) is 20.4 Å². The van der Waals surface area contributed by atoms with Gasteiger partial charge in [0, 0.05) is 10.6 Å². The van der Waals surface area contributed by atoms with Crippen molar-refractivity contribution in [1.82, 2.24) is 15.0 Å². The Morgan fingerprint density at radius 2 is 2.10 bits per heavy atom. The van der Waals surface area contributed by atoms with E-state index < -0.39 is 0 Å². The Kier molecular flexibility index (Phi) is 3.21. The Morgan fingerprint density at radius 3 is 2.80 bits per heavy atom. The molecule has 0 aliphatic heterocycles. The van der Waals surface area contributed by atoms with E-state index in [0.717, 1.165) is 20.8 Å². The van der Waals surface area contributed by atoms with Crippen LogP contribution in [0.2, 0.25) is 0 Å². The van der Waals surface area contributed by atoms with E-state index >= 15 is 0 Å². The SMILES string of the molecule is Cc1ccc(Oc2nc(NN)nc3sc(C)cc23)cn1. The molecule has 7 heteroatoms. The third kappa shape index (κ3) is 2.40. The summed E-state index contributed by atoms with van der Waals surface area (Å²) < 4.78 is 5.80. The van der Waals surface area contributed by atoms with Crippen molar-refractivity contribution in [1.29, 1.82) is 0 Å². The summed E-state index contributed by atoms with van der Waals surface area (Å²) in [5, 5.41) is 0.868. The van der Waals surface area contributed by atoms with Crippen molar-refractivity contribution in [2.24, 2.45) is 5.84 Å². The Bertz CT molecular complexity index is 753. The Labute approximate surface area is 119 Å². The summed E-state index contributed by atoms with van der Waals surface area (Å²) in [5.74, 6) is 6.82. The largest absolute Gasteiger partial charge is 0.437 e. The Hall–Kier alpha value is -2.25. The highest BCUT2D eigenvalue weighted by molar-refractivity contribution is 7.18. The van der Waals surface area contributed by atoms with E-state index in [4.69, 9.17) is 10.6 Å². The second kappa shape index (κ2) is 5.03. The van der Waals surface area contributed by atoms with Crippen molar-refractivity contribution in [3.63, 3.8) is 0 Å².